The van der Waals surface area contributed by atoms with E-state index in [9.17, 15) is 4.79 Å². The van der Waals surface area contributed by atoms with E-state index in [1.165, 1.54) is 56.5 Å². The maximum Gasteiger partial charge on any atom is 0.254 e. The smallest absolute Gasteiger partial charge is 0.254 e. The van der Waals surface area contributed by atoms with Crippen LogP contribution in [0.1, 0.15) is 87.6 Å². The van der Waals surface area contributed by atoms with Crippen molar-refractivity contribution in [1.29, 1.82) is 0 Å². The third-order valence-corrected chi connectivity index (χ3v) is 7.12. The van der Waals surface area contributed by atoms with Crippen LogP contribution in [-0.4, -0.2) is 56.4 Å². The van der Waals surface area contributed by atoms with E-state index in [2.05, 4.69) is 59.9 Å². The third kappa shape index (κ3) is 9.36. The molecule has 3 N–H and O–H groups in total. The van der Waals surface area contributed by atoms with Crippen LogP contribution in [0.15, 0.2) is 60.0 Å². The molecule has 0 unspecified atom stereocenters. The van der Waals surface area contributed by atoms with Crippen LogP contribution in [0.25, 0.3) is 5.78 Å². The van der Waals surface area contributed by atoms with Crippen LogP contribution in [0.5, 0.6) is 0 Å². The fourth-order valence-corrected chi connectivity index (χ4v) is 4.81. The molecule has 0 radical (unpaired) electrons. The second kappa shape index (κ2) is 17.3. The minimum atomic E-state index is -0.185. The second-order valence-corrected chi connectivity index (χ2v) is 10.7. The van der Waals surface area contributed by atoms with Crippen molar-refractivity contribution < 1.29 is 9.63 Å². The van der Waals surface area contributed by atoms with Crippen LogP contribution in [0, 0.1) is 0 Å². The lowest BCUT2D eigenvalue weighted by Gasteiger charge is -2.11. The minimum absolute atomic E-state index is 0.134. The van der Waals surface area contributed by atoms with Crippen molar-refractivity contribution in [1.82, 2.24) is 44.8 Å². The molecule has 5 rings (SSSR count). The first-order valence-electron chi connectivity index (χ1n) is 15.6. The van der Waals surface area contributed by atoms with Crippen LogP contribution in [0.4, 0.5) is 11.6 Å². The molecule has 0 aliphatic rings. The minimum Gasteiger partial charge on any atom is -0.389 e. The number of hydrogen-bond acceptors (Lipinski definition) is 11. The Labute approximate surface area is 268 Å². The Balaban J connectivity index is 0.000000216. The van der Waals surface area contributed by atoms with Crippen LogP contribution in [-0.2, 0) is 36.1 Å². The number of tetrazole rings is 1. The summed E-state index contributed by atoms with van der Waals surface area (Å²) in [6.45, 7) is 5.91. The van der Waals surface area contributed by atoms with Gasteiger partial charge in [-0.15, -0.1) is 5.10 Å². The maximum absolute atomic E-state index is 11.1. The zero-order chi connectivity index (χ0) is 32.7. The Bertz CT molecular complexity index is 1710. The first-order valence-corrected chi connectivity index (χ1v) is 15.6. The van der Waals surface area contributed by atoms with Gasteiger partial charge >= 0.3 is 0 Å². The third-order valence-electron chi connectivity index (χ3n) is 7.12. The largest absolute Gasteiger partial charge is 0.389 e. The quantitative estimate of drug-likeness (QED) is 0.0997. The van der Waals surface area contributed by atoms with E-state index in [-0.39, 0.29) is 12.5 Å². The number of amides is 1. The van der Waals surface area contributed by atoms with E-state index in [1.54, 1.807) is 29.8 Å². The predicted molar refractivity (Wildman–Crippen MR) is 176 cm³/mol. The highest BCUT2D eigenvalue weighted by atomic mass is 16.6. The van der Waals surface area contributed by atoms with Crippen molar-refractivity contribution in [2.24, 2.45) is 12.2 Å². The number of aromatic nitrogens is 9. The number of carbonyl (C=O) groups excluding carboxylic acids is 1. The van der Waals surface area contributed by atoms with Gasteiger partial charge < -0.3 is 15.9 Å². The average molecular weight is 627 g/mol. The monoisotopic (exact) mass is 626 g/mol. The normalized spacial score (nSPS) is 11.3. The molecule has 14 nitrogen and oxygen atoms in total. The summed E-state index contributed by atoms with van der Waals surface area (Å²) in [5.74, 6) is 2.07. The SMILES string of the molecule is CC(=O)Nc1cccc(CO/N=C(/c2ccccc2)c2nnnn2C)n1.CCCCCCCCc1c(CC)nc2ncnn2c1N. The molecule has 0 aliphatic carbocycles. The summed E-state index contributed by atoms with van der Waals surface area (Å²) < 4.78 is 3.16. The van der Waals surface area contributed by atoms with Crippen LogP contribution >= 0.6 is 0 Å². The van der Waals surface area contributed by atoms with Crippen molar-refractivity contribution in [3.63, 3.8) is 0 Å². The zero-order valence-electron chi connectivity index (χ0n) is 26.9. The number of unbranched alkanes of at least 4 members (excludes halogenated alkanes) is 5. The molecule has 0 saturated carbocycles. The number of nitrogens with one attached hydrogen (secondary N) is 1. The summed E-state index contributed by atoms with van der Waals surface area (Å²) in [4.78, 5) is 29.6. The lowest BCUT2D eigenvalue weighted by atomic mass is 10.0. The molecule has 0 bridgehead atoms. The highest BCUT2D eigenvalue weighted by molar-refractivity contribution is 6.10. The fraction of sp³-hybridized carbons (Fsp3) is 0.406. The van der Waals surface area contributed by atoms with Crippen molar-refractivity contribution in [3.05, 3.63) is 83.2 Å². The fourth-order valence-electron chi connectivity index (χ4n) is 4.81. The lowest BCUT2D eigenvalue weighted by molar-refractivity contribution is -0.114. The van der Waals surface area contributed by atoms with Crippen molar-refractivity contribution in [2.45, 2.75) is 78.7 Å². The molecular formula is C32H42N12O2. The number of nitrogens with two attached hydrogens (primary N) is 1. The van der Waals surface area contributed by atoms with Crippen molar-refractivity contribution >= 4 is 29.0 Å². The molecule has 4 aromatic heterocycles. The summed E-state index contributed by atoms with van der Waals surface area (Å²) in [5, 5.41) is 22.5. The van der Waals surface area contributed by atoms with Gasteiger partial charge in [-0.25, -0.2) is 14.6 Å². The number of fused-ring (bicyclic) bond motifs is 1. The highest BCUT2D eigenvalue weighted by Crippen LogP contribution is 2.20. The Morgan fingerprint density at radius 1 is 1.00 bits per heavy atom. The average Bonchev–Trinajstić information content (AvgIpc) is 3.71. The summed E-state index contributed by atoms with van der Waals surface area (Å²) >= 11 is 0. The van der Waals surface area contributed by atoms with E-state index in [0.29, 0.717) is 34.6 Å². The van der Waals surface area contributed by atoms with Crippen molar-refractivity contribution in [3.8, 4) is 0 Å². The number of carbonyl (C=O) groups is 1. The molecule has 0 fully saturated rings. The topological polar surface area (TPSA) is 176 Å². The summed E-state index contributed by atoms with van der Waals surface area (Å²) in [7, 11) is 1.73. The Morgan fingerprint density at radius 3 is 2.50 bits per heavy atom. The number of oxime groups is 1. The first-order chi connectivity index (χ1) is 22.4. The Kier molecular flexibility index (Phi) is 12.6. The Hall–Kier alpha value is -5.27. The van der Waals surface area contributed by atoms with Gasteiger partial charge in [-0.05, 0) is 41.8 Å². The number of benzene rings is 1. The molecule has 46 heavy (non-hydrogen) atoms. The van der Waals surface area contributed by atoms with E-state index in [0.717, 1.165) is 29.7 Å². The molecule has 1 amide bonds. The zero-order valence-corrected chi connectivity index (χ0v) is 26.9. The first kappa shape index (κ1) is 33.6. The summed E-state index contributed by atoms with van der Waals surface area (Å²) in [6.07, 6.45) is 11.1. The number of anilines is 2. The lowest BCUT2D eigenvalue weighted by Crippen LogP contribution is -2.12. The number of nitrogens with zero attached hydrogens (tertiary/aromatic N) is 10. The van der Waals surface area contributed by atoms with Gasteiger partial charge in [-0.3, -0.25) is 4.79 Å². The molecule has 5 aromatic rings. The molecule has 0 saturated heterocycles. The predicted octanol–water partition coefficient (Wildman–Crippen LogP) is 4.70. The number of aryl methyl sites for hydroxylation is 2. The van der Waals surface area contributed by atoms with Gasteiger partial charge in [0.15, 0.2) is 12.3 Å². The van der Waals surface area contributed by atoms with Crippen LogP contribution in [0.2, 0.25) is 0 Å². The van der Waals surface area contributed by atoms with Gasteiger partial charge in [0, 0.05) is 25.1 Å². The van der Waals surface area contributed by atoms with Crippen LogP contribution < -0.4 is 11.1 Å². The van der Waals surface area contributed by atoms with E-state index in [1.807, 2.05) is 30.3 Å². The van der Waals surface area contributed by atoms with Gasteiger partial charge in [0.1, 0.15) is 18.0 Å². The van der Waals surface area contributed by atoms with Gasteiger partial charge in [-0.2, -0.15) is 14.6 Å². The van der Waals surface area contributed by atoms with Gasteiger partial charge in [-0.1, -0.05) is 87.5 Å². The number of hydrogen-bond donors (Lipinski definition) is 2. The van der Waals surface area contributed by atoms with Gasteiger partial charge in [0.25, 0.3) is 5.78 Å². The molecule has 242 valence electrons. The number of rotatable bonds is 14. The standard InChI is InChI=1S/C17H17N7O2.C15H25N5/c1-12(25)18-15-10-6-9-14(19-15)11-26-21-16(13-7-4-3-5-8-13)17-20-22-23-24(17)2;1-3-5-6-7-8-9-10-12-13(4-2)19-15-17-11-18-20(15)14(12)16/h3-10H,11H2,1-2H3,(H,18,19,25);11H,3-10,16H2,1-2H3/b21-16-;. The Morgan fingerprint density at radius 2 is 1.78 bits per heavy atom. The van der Waals surface area contributed by atoms with E-state index < -0.39 is 0 Å². The molecule has 1 aromatic carbocycles. The molecular weight excluding hydrogens is 584 g/mol. The molecule has 4 heterocycles. The summed E-state index contributed by atoms with van der Waals surface area (Å²) in [6, 6.07) is 14.8. The second-order valence-electron chi connectivity index (χ2n) is 10.7. The van der Waals surface area contributed by atoms with Crippen LogP contribution in [0.3, 0.4) is 0 Å². The molecule has 14 heteroatoms. The molecule has 0 spiro atoms. The van der Waals surface area contributed by atoms with E-state index in [4.69, 9.17) is 10.6 Å². The van der Waals surface area contributed by atoms with Gasteiger partial charge in [0.2, 0.25) is 11.7 Å². The van der Waals surface area contributed by atoms with Crippen molar-refractivity contribution in [2.75, 3.05) is 11.1 Å². The number of nitrogen functional groups attached to an aromatic ring is 1. The molecule has 0 aliphatic heterocycles. The maximum atomic E-state index is 11.1. The molecule has 0 atom stereocenters. The highest BCUT2D eigenvalue weighted by Gasteiger charge is 2.15. The van der Waals surface area contributed by atoms with Gasteiger partial charge in [0.05, 0.1) is 11.4 Å². The summed E-state index contributed by atoms with van der Waals surface area (Å²) in [5.41, 5.74) is 10.4. The number of pyridine rings is 1. The van der Waals surface area contributed by atoms with E-state index >= 15 is 0 Å².